The molecule has 1 fully saturated rings. The van der Waals surface area contributed by atoms with Gasteiger partial charge >= 0.3 is 5.97 Å². The largest absolute Gasteiger partial charge is 0.478 e. The third kappa shape index (κ3) is 4.77. The Morgan fingerprint density at radius 1 is 1.16 bits per heavy atom. The van der Waals surface area contributed by atoms with Crippen LogP contribution in [0.5, 0.6) is 0 Å². The third-order valence-corrected chi connectivity index (χ3v) is 5.76. The zero-order valence-electron chi connectivity index (χ0n) is 17.8. The average molecular weight is 441 g/mol. The zero-order valence-corrected chi connectivity index (χ0v) is 17.8. The Morgan fingerprint density at radius 3 is 2.56 bits per heavy atom. The summed E-state index contributed by atoms with van der Waals surface area (Å²) in [5.74, 6) is -3.10. The third-order valence-electron chi connectivity index (χ3n) is 5.76. The molecule has 0 radical (unpaired) electrons. The van der Waals surface area contributed by atoms with Crippen molar-refractivity contribution in [2.24, 2.45) is 0 Å². The van der Waals surface area contributed by atoms with Gasteiger partial charge in [0.05, 0.1) is 29.7 Å². The van der Waals surface area contributed by atoms with Crippen LogP contribution in [0, 0.1) is 6.92 Å². The minimum absolute atomic E-state index is 0.101. The van der Waals surface area contributed by atoms with Crippen LogP contribution in [-0.2, 0) is 6.54 Å². The van der Waals surface area contributed by atoms with E-state index in [1.807, 2.05) is 46.8 Å². The Kier molecular flexibility index (Phi) is 6.18. The van der Waals surface area contributed by atoms with E-state index in [-0.39, 0.29) is 18.4 Å². The van der Waals surface area contributed by atoms with Gasteiger partial charge in [-0.05, 0) is 13.0 Å². The van der Waals surface area contributed by atoms with E-state index >= 15 is 0 Å². The molecule has 0 aliphatic carbocycles. The van der Waals surface area contributed by atoms with Gasteiger partial charge in [0.25, 0.3) is 5.92 Å². The second-order valence-corrected chi connectivity index (χ2v) is 7.96. The average Bonchev–Trinajstić information content (AvgIpc) is 3.09. The first kappa shape index (κ1) is 21.9. The maximum atomic E-state index is 13.5. The summed E-state index contributed by atoms with van der Waals surface area (Å²) in [6.07, 6.45) is 2.64. The number of rotatable bonds is 7. The van der Waals surface area contributed by atoms with Crippen molar-refractivity contribution < 1.29 is 18.7 Å². The Labute approximate surface area is 184 Å². The molecule has 0 spiro atoms. The highest BCUT2D eigenvalue weighted by atomic mass is 19.3. The molecule has 2 N–H and O–H groups in total. The van der Waals surface area contributed by atoms with Crippen molar-refractivity contribution >= 4 is 17.5 Å². The van der Waals surface area contributed by atoms with Crippen LogP contribution < -0.4 is 5.32 Å². The molecule has 3 aromatic rings. The molecule has 0 atom stereocenters. The van der Waals surface area contributed by atoms with Crippen LogP contribution in [0.1, 0.15) is 28.8 Å². The molecule has 32 heavy (non-hydrogen) atoms. The van der Waals surface area contributed by atoms with Crippen molar-refractivity contribution in [1.29, 1.82) is 0 Å². The van der Waals surface area contributed by atoms with Gasteiger partial charge in [-0.25, -0.2) is 13.6 Å². The van der Waals surface area contributed by atoms with Crippen molar-refractivity contribution in [1.82, 2.24) is 19.7 Å². The van der Waals surface area contributed by atoms with Crippen LogP contribution in [0.2, 0.25) is 0 Å². The molecule has 3 heterocycles. The Balaban J connectivity index is 1.62. The molecule has 1 aliphatic heterocycles. The molecular weight excluding hydrogens is 416 g/mol. The maximum absolute atomic E-state index is 13.5. The predicted molar refractivity (Wildman–Crippen MR) is 118 cm³/mol. The molecule has 9 heteroatoms. The quantitative estimate of drug-likeness (QED) is 0.565. The van der Waals surface area contributed by atoms with E-state index in [4.69, 9.17) is 5.10 Å². The van der Waals surface area contributed by atoms with Gasteiger partial charge in [-0.2, -0.15) is 5.10 Å². The summed E-state index contributed by atoms with van der Waals surface area (Å²) < 4.78 is 28.8. The number of benzene rings is 1. The number of pyridine rings is 1. The number of piperidine rings is 1. The van der Waals surface area contributed by atoms with Crippen LogP contribution in [0.15, 0.2) is 48.8 Å². The molecule has 0 unspecified atom stereocenters. The molecule has 1 aliphatic rings. The molecular formula is C23H25F2N5O2. The Hall–Kier alpha value is -3.33. The van der Waals surface area contributed by atoms with Gasteiger partial charge in [-0.3, -0.25) is 9.67 Å². The molecule has 4 rings (SSSR count). The van der Waals surface area contributed by atoms with E-state index in [9.17, 15) is 18.7 Å². The summed E-state index contributed by atoms with van der Waals surface area (Å²) in [6.45, 7) is 3.76. The number of nitrogens with zero attached hydrogens (tertiary/aromatic N) is 4. The van der Waals surface area contributed by atoms with Crippen LogP contribution >= 0.6 is 0 Å². The number of carboxylic acid groups (broad SMARTS) is 1. The Morgan fingerprint density at radius 2 is 1.88 bits per heavy atom. The van der Waals surface area contributed by atoms with Gasteiger partial charge < -0.3 is 15.3 Å². The normalized spacial score (nSPS) is 16.1. The lowest BCUT2D eigenvalue weighted by molar-refractivity contribution is -0.0555. The van der Waals surface area contributed by atoms with E-state index in [0.717, 1.165) is 16.8 Å². The van der Waals surface area contributed by atoms with E-state index in [1.165, 1.54) is 18.5 Å². The molecule has 2 aromatic heterocycles. The number of halogens is 2. The summed E-state index contributed by atoms with van der Waals surface area (Å²) in [6, 6.07) is 11.2. The first-order valence-electron chi connectivity index (χ1n) is 10.5. The molecule has 1 aromatic carbocycles. The first-order valence-corrected chi connectivity index (χ1v) is 10.5. The van der Waals surface area contributed by atoms with Crippen molar-refractivity contribution in [3.8, 4) is 11.3 Å². The predicted octanol–water partition coefficient (Wildman–Crippen LogP) is 4.43. The lowest BCUT2D eigenvalue weighted by atomic mass is 10.1. The second-order valence-electron chi connectivity index (χ2n) is 7.96. The minimum Gasteiger partial charge on any atom is -0.478 e. The van der Waals surface area contributed by atoms with Crippen molar-refractivity contribution in [3.05, 3.63) is 59.9 Å². The van der Waals surface area contributed by atoms with E-state index in [2.05, 4.69) is 10.3 Å². The molecule has 0 saturated carbocycles. The highest BCUT2D eigenvalue weighted by Crippen LogP contribution is 2.32. The number of carbonyl (C=O) groups is 1. The topological polar surface area (TPSA) is 83.3 Å². The van der Waals surface area contributed by atoms with Crippen LogP contribution in [0.3, 0.4) is 0 Å². The summed E-state index contributed by atoms with van der Waals surface area (Å²) >= 11 is 0. The smallest absolute Gasteiger partial charge is 0.337 e. The fourth-order valence-corrected chi connectivity index (χ4v) is 3.94. The van der Waals surface area contributed by atoms with Crippen LogP contribution in [0.4, 0.5) is 20.3 Å². The first-order chi connectivity index (χ1) is 15.3. The lowest BCUT2D eigenvalue weighted by Gasteiger charge is -2.31. The number of nitrogens with one attached hydrogen (secondary N) is 1. The van der Waals surface area contributed by atoms with Crippen molar-refractivity contribution in [2.75, 3.05) is 25.0 Å². The van der Waals surface area contributed by atoms with Crippen LogP contribution in [-0.4, -0.2) is 56.3 Å². The SMILES string of the molecule is Cc1c(Nc2cnccc2C(=O)O)nn(CCN2CCC(F)(F)CC2)c1-c1ccccc1. The number of carboxylic acids is 1. The molecule has 0 bridgehead atoms. The summed E-state index contributed by atoms with van der Waals surface area (Å²) in [7, 11) is 0. The summed E-state index contributed by atoms with van der Waals surface area (Å²) in [4.78, 5) is 17.6. The molecule has 168 valence electrons. The van der Waals surface area contributed by atoms with Gasteiger partial charge in [0.1, 0.15) is 0 Å². The van der Waals surface area contributed by atoms with Gasteiger partial charge in [0.15, 0.2) is 5.82 Å². The van der Waals surface area contributed by atoms with E-state index in [1.54, 1.807) is 0 Å². The van der Waals surface area contributed by atoms with Crippen molar-refractivity contribution in [3.63, 3.8) is 0 Å². The van der Waals surface area contributed by atoms with Gasteiger partial charge in [0, 0.05) is 49.8 Å². The molecule has 0 amide bonds. The van der Waals surface area contributed by atoms with Crippen molar-refractivity contribution in [2.45, 2.75) is 32.2 Å². The number of aromatic nitrogens is 3. The highest BCUT2D eigenvalue weighted by Gasteiger charge is 2.33. The number of likely N-dealkylation sites (tertiary alicyclic amines) is 1. The van der Waals surface area contributed by atoms with Gasteiger partial charge in [-0.15, -0.1) is 0 Å². The summed E-state index contributed by atoms with van der Waals surface area (Å²) in [5, 5.41) is 17.3. The second kappa shape index (κ2) is 9.04. The Bertz CT molecular complexity index is 1090. The number of hydrogen-bond acceptors (Lipinski definition) is 5. The number of hydrogen-bond donors (Lipinski definition) is 2. The minimum atomic E-state index is -2.57. The maximum Gasteiger partial charge on any atom is 0.337 e. The van der Waals surface area contributed by atoms with E-state index < -0.39 is 11.9 Å². The number of alkyl halides is 2. The van der Waals surface area contributed by atoms with Gasteiger partial charge in [0.2, 0.25) is 0 Å². The monoisotopic (exact) mass is 441 g/mol. The summed E-state index contributed by atoms with van der Waals surface area (Å²) in [5.41, 5.74) is 3.19. The molecule has 1 saturated heterocycles. The fourth-order valence-electron chi connectivity index (χ4n) is 3.94. The fraction of sp³-hybridized carbons (Fsp3) is 0.348. The molecule has 7 nitrogen and oxygen atoms in total. The highest BCUT2D eigenvalue weighted by molar-refractivity contribution is 5.95. The van der Waals surface area contributed by atoms with E-state index in [0.29, 0.717) is 37.7 Å². The number of anilines is 2. The zero-order chi connectivity index (χ0) is 22.7. The lowest BCUT2D eigenvalue weighted by Crippen LogP contribution is -2.40. The van der Waals surface area contributed by atoms with Gasteiger partial charge in [-0.1, -0.05) is 30.3 Å². The number of aromatic carboxylic acids is 1. The van der Waals surface area contributed by atoms with Crippen LogP contribution in [0.25, 0.3) is 11.3 Å². The standard InChI is InChI=1S/C23H25F2N5O2/c1-16-20(17-5-3-2-4-6-17)30(14-13-29-11-8-23(24,25)9-12-29)28-21(16)27-19-15-26-10-7-18(19)22(31)32/h2-7,10,15H,8-9,11-14H2,1H3,(H,27,28)(H,31,32).